The van der Waals surface area contributed by atoms with Crippen LogP contribution in [0.5, 0.6) is 5.75 Å². The molecule has 0 bridgehead atoms. The van der Waals surface area contributed by atoms with E-state index in [1.807, 2.05) is 48.5 Å². The summed E-state index contributed by atoms with van der Waals surface area (Å²) in [6.45, 7) is 0. The average Bonchev–Trinajstić information content (AvgIpc) is 2.69. The molecular formula is C23H20INO. The molecule has 3 aromatic rings. The van der Waals surface area contributed by atoms with Crippen molar-refractivity contribution in [3.8, 4) is 5.75 Å². The molecule has 0 saturated carbocycles. The van der Waals surface area contributed by atoms with Gasteiger partial charge in [0, 0.05) is 15.7 Å². The maximum absolute atomic E-state index is 5.25. The molecule has 0 spiro atoms. The summed E-state index contributed by atoms with van der Waals surface area (Å²) >= 11 is 2.33. The van der Waals surface area contributed by atoms with Gasteiger partial charge in [0.1, 0.15) is 5.75 Å². The molecule has 0 atom stereocenters. The lowest BCUT2D eigenvalue weighted by atomic mass is 10.1. The van der Waals surface area contributed by atoms with Gasteiger partial charge < -0.3 is 4.74 Å². The Kier molecular flexibility index (Phi) is 6.61. The van der Waals surface area contributed by atoms with Gasteiger partial charge in [0.15, 0.2) is 0 Å². The van der Waals surface area contributed by atoms with E-state index in [0.29, 0.717) is 0 Å². The van der Waals surface area contributed by atoms with Crippen molar-refractivity contribution in [2.45, 2.75) is 6.42 Å². The minimum Gasteiger partial charge on any atom is -0.497 e. The van der Waals surface area contributed by atoms with Gasteiger partial charge in [0.25, 0.3) is 0 Å². The standard InChI is InChI=1S/C23H20INO/c1-26-21-15-12-19(13-16-21)17-20(14-11-18-7-3-2-4-8-18)25-23-10-6-5-9-22(23)24/h2-16H,17H2,1H3/b14-11+,25-20?. The zero-order valence-corrected chi connectivity index (χ0v) is 16.8. The lowest BCUT2D eigenvalue weighted by molar-refractivity contribution is 0.414. The van der Waals surface area contributed by atoms with Gasteiger partial charge in [-0.05, 0) is 64.1 Å². The second-order valence-corrected chi connectivity index (χ2v) is 6.99. The van der Waals surface area contributed by atoms with Crippen molar-refractivity contribution >= 4 is 40.1 Å². The first-order valence-electron chi connectivity index (χ1n) is 8.43. The van der Waals surface area contributed by atoms with Crippen LogP contribution < -0.4 is 4.74 Å². The molecule has 0 aliphatic rings. The van der Waals surface area contributed by atoms with Crippen molar-refractivity contribution in [1.82, 2.24) is 0 Å². The van der Waals surface area contributed by atoms with Crippen molar-refractivity contribution in [2.75, 3.05) is 7.11 Å². The van der Waals surface area contributed by atoms with Crippen LogP contribution in [0.15, 0.2) is 89.9 Å². The summed E-state index contributed by atoms with van der Waals surface area (Å²) < 4.78 is 6.39. The molecule has 3 aromatic carbocycles. The molecule has 0 radical (unpaired) electrons. The first kappa shape index (κ1) is 18.4. The molecule has 0 aromatic heterocycles. The van der Waals surface area contributed by atoms with E-state index >= 15 is 0 Å². The molecule has 26 heavy (non-hydrogen) atoms. The molecule has 0 N–H and O–H groups in total. The Morgan fingerprint density at radius 3 is 2.31 bits per heavy atom. The van der Waals surface area contributed by atoms with Crippen molar-refractivity contribution in [1.29, 1.82) is 0 Å². The molecule has 2 nitrogen and oxygen atoms in total. The zero-order chi connectivity index (χ0) is 18.2. The lowest BCUT2D eigenvalue weighted by Gasteiger charge is -2.06. The molecule has 0 unspecified atom stereocenters. The van der Waals surface area contributed by atoms with Crippen LogP contribution in [0, 0.1) is 3.57 Å². The van der Waals surface area contributed by atoms with Crippen LogP contribution in [0.4, 0.5) is 5.69 Å². The predicted molar refractivity (Wildman–Crippen MR) is 118 cm³/mol. The molecule has 130 valence electrons. The van der Waals surface area contributed by atoms with E-state index in [2.05, 4.69) is 65.1 Å². The van der Waals surface area contributed by atoms with Crippen LogP contribution in [-0.4, -0.2) is 12.8 Å². The van der Waals surface area contributed by atoms with E-state index in [9.17, 15) is 0 Å². The smallest absolute Gasteiger partial charge is 0.118 e. The van der Waals surface area contributed by atoms with E-state index in [-0.39, 0.29) is 0 Å². The van der Waals surface area contributed by atoms with Gasteiger partial charge in [-0.1, -0.05) is 60.7 Å². The molecular weight excluding hydrogens is 433 g/mol. The number of hydrogen-bond acceptors (Lipinski definition) is 2. The van der Waals surface area contributed by atoms with Gasteiger partial charge in [0.05, 0.1) is 12.8 Å². The highest BCUT2D eigenvalue weighted by atomic mass is 127. The minimum absolute atomic E-state index is 0.762. The number of allylic oxidation sites excluding steroid dienone is 1. The molecule has 0 heterocycles. The SMILES string of the molecule is COc1ccc(CC(/C=C/c2ccccc2)=Nc2ccccc2I)cc1. The van der Waals surface area contributed by atoms with Gasteiger partial charge in [0.2, 0.25) is 0 Å². The third kappa shape index (κ3) is 5.30. The third-order valence-corrected chi connectivity index (χ3v) is 4.84. The van der Waals surface area contributed by atoms with E-state index in [4.69, 9.17) is 9.73 Å². The number of para-hydroxylation sites is 1. The molecule has 0 aliphatic carbocycles. The van der Waals surface area contributed by atoms with E-state index in [0.717, 1.165) is 32.7 Å². The van der Waals surface area contributed by atoms with Crippen molar-refractivity contribution in [2.24, 2.45) is 4.99 Å². The largest absolute Gasteiger partial charge is 0.497 e. The maximum atomic E-state index is 5.25. The average molecular weight is 453 g/mol. The Balaban J connectivity index is 1.90. The maximum Gasteiger partial charge on any atom is 0.118 e. The second-order valence-electron chi connectivity index (χ2n) is 5.82. The van der Waals surface area contributed by atoms with Crippen molar-refractivity contribution < 1.29 is 4.74 Å². The Morgan fingerprint density at radius 1 is 0.923 bits per heavy atom. The van der Waals surface area contributed by atoms with Gasteiger partial charge in [-0.25, -0.2) is 0 Å². The Bertz CT molecular complexity index is 899. The van der Waals surface area contributed by atoms with Crippen LogP contribution in [0.25, 0.3) is 6.08 Å². The number of benzene rings is 3. The summed E-state index contributed by atoms with van der Waals surface area (Å²) in [6, 6.07) is 26.6. The van der Waals surface area contributed by atoms with E-state index < -0.39 is 0 Å². The van der Waals surface area contributed by atoms with Crippen molar-refractivity contribution in [3.63, 3.8) is 0 Å². The van der Waals surface area contributed by atoms with Gasteiger partial charge in [-0.15, -0.1) is 0 Å². The first-order chi connectivity index (χ1) is 12.7. The van der Waals surface area contributed by atoms with Crippen LogP contribution in [0.1, 0.15) is 11.1 Å². The molecule has 3 heteroatoms. The zero-order valence-electron chi connectivity index (χ0n) is 14.6. The Hall–Kier alpha value is -2.40. The number of rotatable bonds is 6. The molecule has 0 saturated heterocycles. The molecule has 3 rings (SSSR count). The number of nitrogens with zero attached hydrogens (tertiary/aromatic N) is 1. The summed E-state index contributed by atoms with van der Waals surface area (Å²) in [5, 5.41) is 0. The highest BCUT2D eigenvalue weighted by Crippen LogP contribution is 2.22. The predicted octanol–water partition coefficient (Wildman–Crippen LogP) is 6.33. The Labute approximate surface area is 168 Å². The number of halogens is 1. The summed E-state index contributed by atoms with van der Waals surface area (Å²) in [5.41, 5.74) is 4.38. The fraction of sp³-hybridized carbons (Fsp3) is 0.0870. The topological polar surface area (TPSA) is 21.6 Å². The van der Waals surface area contributed by atoms with E-state index in [1.165, 1.54) is 5.56 Å². The fourth-order valence-corrected chi connectivity index (χ4v) is 3.05. The third-order valence-electron chi connectivity index (χ3n) is 3.93. The van der Waals surface area contributed by atoms with Gasteiger partial charge in [-0.3, -0.25) is 4.99 Å². The highest BCUT2D eigenvalue weighted by Gasteiger charge is 2.03. The summed E-state index contributed by atoms with van der Waals surface area (Å²) in [6.07, 6.45) is 4.97. The Morgan fingerprint density at radius 2 is 1.62 bits per heavy atom. The quantitative estimate of drug-likeness (QED) is 0.316. The monoisotopic (exact) mass is 453 g/mol. The van der Waals surface area contributed by atoms with Gasteiger partial charge in [-0.2, -0.15) is 0 Å². The number of ether oxygens (including phenoxy) is 1. The molecule has 0 amide bonds. The molecule has 0 fully saturated rings. The minimum atomic E-state index is 0.762. The normalized spacial score (nSPS) is 11.7. The highest BCUT2D eigenvalue weighted by molar-refractivity contribution is 14.1. The first-order valence-corrected chi connectivity index (χ1v) is 9.50. The molecule has 0 aliphatic heterocycles. The lowest BCUT2D eigenvalue weighted by Crippen LogP contribution is -2.00. The van der Waals surface area contributed by atoms with Gasteiger partial charge >= 0.3 is 0 Å². The summed E-state index contributed by atoms with van der Waals surface area (Å²) in [7, 11) is 1.68. The van der Waals surface area contributed by atoms with Crippen LogP contribution in [0.3, 0.4) is 0 Å². The van der Waals surface area contributed by atoms with Crippen molar-refractivity contribution in [3.05, 3.63) is 99.6 Å². The van der Waals surface area contributed by atoms with E-state index in [1.54, 1.807) is 7.11 Å². The summed E-state index contributed by atoms with van der Waals surface area (Å²) in [4.78, 5) is 4.90. The number of methoxy groups -OCH3 is 1. The van der Waals surface area contributed by atoms with Crippen LogP contribution in [-0.2, 0) is 6.42 Å². The summed E-state index contributed by atoms with van der Waals surface area (Å²) in [5.74, 6) is 0.865. The number of hydrogen-bond donors (Lipinski definition) is 0. The number of aliphatic imine (C=N–C) groups is 1. The van der Waals surface area contributed by atoms with Crippen LogP contribution in [0.2, 0.25) is 0 Å². The fourth-order valence-electron chi connectivity index (χ4n) is 2.54. The second kappa shape index (κ2) is 9.34. The van der Waals surface area contributed by atoms with Crippen LogP contribution >= 0.6 is 22.6 Å².